The number of hydrogen-bond acceptors (Lipinski definition) is 0. The van der Waals surface area contributed by atoms with Crippen molar-refractivity contribution >= 4 is 32.6 Å². The van der Waals surface area contributed by atoms with E-state index < -0.39 is 0 Å². The van der Waals surface area contributed by atoms with Gasteiger partial charge in [0.1, 0.15) is 0 Å². The minimum absolute atomic E-state index is 0.0480. The predicted octanol–water partition coefficient (Wildman–Crippen LogP) is 10.5. The maximum Gasteiger partial charge on any atom is 0.0623 e. The Bertz CT molecular complexity index is 2260. The van der Waals surface area contributed by atoms with Gasteiger partial charge in [0.2, 0.25) is 0 Å². The molecule has 0 bridgehead atoms. The van der Waals surface area contributed by atoms with Crippen LogP contribution in [-0.2, 0) is 10.8 Å². The first kappa shape index (κ1) is 23.1. The van der Waals surface area contributed by atoms with E-state index in [-0.39, 0.29) is 10.8 Å². The van der Waals surface area contributed by atoms with Crippen LogP contribution in [0.15, 0.2) is 115 Å². The molecule has 0 radical (unpaired) electrons. The van der Waals surface area contributed by atoms with Gasteiger partial charge in [-0.15, -0.1) is 0 Å². The number of para-hydroxylation sites is 1. The Labute approximate surface area is 240 Å². The van der Waals surface area contributed by atoms with E-state index >= 15 is 0 Å². The lowest BCUT2D eigenvalue weighted by atomic mass is 9.79. The zero-order valence-electron chi connectivity index (χ0n) is 23.9. The van der Waals surface area contributed by atoms with Crippen LogP contribution in [0.25, 0.3) is 60.5 Å². The van der Waals surface area contributed by atoms with Crippen molar-refractivity contribution in [3.05, 3.63) is 138 Å². The van der Waals surface area contributed by atoms with Crippen LogP contribution >= 0.6 is 0 Å². The average molecular weight is 526 g/mol. The first-order chi connectivity index (χ1) is 19.9. The number of hydrogen-bond donors (Lipinski definition) is 0. The maximum atomic E-state index is 2.55. The van der Waals surface area contributed by atoms with Crippen molar-refractivity contribution in [3.63, 3.8) is 0 Å². The molecule has 0 saturated carbocycles. The Hall–Kier alpha value is -4.62. The maximum absolute atomic E-state index is 2.55. The Morgan fingerprint density at radius 3 is 1.85 bits per heavy atom. The molecule has 0 spiro atoms. The molecule has 1 heterocycles. The van der Waals surface area contributed by atoms with E-state index in [4.69, 9.17) is 0 Å². The zero-order chi connectivity index (χ0) is 27.7. The summed E-state index contributed by atoms with van der Waals surface area (Å²) in [7, 11) is 0. The quantitative estimate of drug-likeness (QED) is 0.201. The van der Waals surface area contributed by atoms with E-state index in [2.05, 4.69) is 148 Å². The standard InChI is InChI=1S/C40H31N/c1-39(2)31-18-10-7-13-25(31)26-22-21-24(23-33(26)39)41-34-20-12-9-17-30(34)36-37-35(27-14-5-6-15-28(27)38(36)41)29-16-8-11-19-32(29)40(37,3)4/h5-23H,1-4H3. The summed E-state index contributed by atoms with van der Waals surface area (Å²) in [5.41, 5.74) is 14.8. The summed E-state index contributed by atoms with van der Waals surface area (Å²) < 4.78 is 2.55. The molecule has 0 unspecified atom stereocenters. The topological polar surface area (TPSA) is 4.93 Å². The fraction of sp³-hybridized carbons (Fsp3) is 0.150. The van der Waals surface area contributed by atoms with Crippen LogP contribution in [-0.4, -0.2) is 4.57 Å². The third kappa shape index (κ3) is 2.72. The van der Waals surface area contributed by atoms with Crippen LogP contribution < -0.4 is 0 Å². The van der Waals surface area contributed by atoms with Gasteiger partial charge in [0, 0.05) is 32.7 Å². The van der Waals surface area contributed by atoms with Gasteiger partial charge in [-0.3, -0.25) is 0 Å². The fourth-order valence-electron chi connectivity index (χ4n) is 8.30. The van der Waals surface area contributed by atoms with Gasteiger partial charge < -0.3 is 4.57 Å². The van der Waals surface area contributed by atoms with Gasteiger partial charge in [-0.2, -0.15) is 0 Å². The molecule has 0 saturated heterocycles. The van der Waals surface area contributed by atoms with E-state index in [0.29, 0.717) is 0 Å². The lowest BCUT2D eigenvalue weighted by molar-refractivity contribution is 0.660. The molecule has 0 fully saturated rings. The van der Waals surface area contributed by atoms with E-state index in [1.54, 1.807) is 0 Å². The molecule has 2 aliphatic rings. The molecule has 2 aliphatic carbocycles. The van der Waals surface area contributed by atoms with Crippen molar-refractivity contribution in [2.24, 2.45) is 0 Å². The number of benzene rings is 6. The van der Waals surface area contributed by atoms with Crippen LogP contribution in [0.5, 0.6) is 0 Å². The first-order valence-electron chi connectivity index (χ1n) is 14.7. The summed E-state index contributed by atoms with van der Waals surface area (Å²) in [5, 5.41) is 5.37. The van der Waals surface area contributed by atoms with Gasteiger partial charge in [-0.05, 0) is 68.1 Å². The van der Waals surface area contributed by atoms with E-state index in [0.717, 1.165) is 0 Å². The minimum Gasteiger partial charge on any atom is -0.309 e. The van der Waals surface area contributed by atoms with Gasteiger partial charge in [-0.25, -0.2) is 0 Å². The zero-order valence-corrected chi connectivity index (χ0v) is 23.9. The van der Waals surface area contributed by atoms with Crippen LogP contribution in [0.1, 0.15) is 49.9 Å². The molecule has 196 valence electrons. The molecule has 0 amide bonds. The fourth-order valence-corrected chi connectivity index (χ4v) is 8.30. The van der Waals surface area contributed by atoms with Gasteiger partial charge in [0.15, 0.2) is 0 Å². The van der Waals surface area contributed by atoms with Crippen molar-refractivity contribution in [2.45, 2.75) is 38.5 Å². The van der Waals surface area contributed by atoms with E-state index in [1.165, 1.54) is 82.8 Å². The van der Waals surface area contributed by atoms with Crippen LogP contribution in [0.3, 0.4) is 0 Å². The Balaban J connectivity index is 1.46. The van der Waals surface area contributed by atoms with Gasteiger partial charge in [0.05, 0.1) is 11.0 Å². The van der Waals surface area contributed by atoms with Crippen molar-refractivity contribution < 1.29 is 0 Å². The number of rotatable bonds is 1. The van der Waals surface area contributed by atoms with Crippen molar-refractivity contribution in [3.8, 4) is 27.9 Å². The Morgan fingerprint density at radius 1 is 0.488 bits per heavy atom. The smallest absolute Gasteiger partial charge is 0.0623 e. The van der Waals surface area contributed by atoms with Crippen LogP contribution in [0, 0.1) is 0 Å². The summed E-state index contributed by atoms with van der Waals surface area (Å²) in [6, 6.07) is 43.2. The summed E-state index contributed by atoms with van der Waals surface area (Å²) in [5.74, 6) is 0. The molecule has 7 aromatic rings. The highest BCUT2D eigenvalue weighted by Gasteiger charge is 2.40. The SMILES string of the molecule is CC1(C)c2ccccc2-c2ccc(-n3c4ccccc4c4c5c(c6ccccc6c43)-c3ccccc3C5(C)C)cc21. The second-order valence-electron chi connectivity index (χ2n) is 12.9. The third-order valence-electron chi connectivity index (χ3n) is 10.1. The second kappa shape index (κ2) is 7.56. The Morgan fingerprint density at radius 2 is 1.07 bits per heavy atom. The third-order valence-corrected chi connectivity index (χ3v) is 10.1. The van der Waals surface area contributed by atoms with E-state index in [9.17, 15) is 0 Å². The molecule has 6 aromatic carbocycles. The molecular weight excluding hydrogens is 494 g/mol. The summed E-state index contributed by atoms with van der Waals surface area (Å²) >= 11 is 0. The molecule has 9 rings (SSSR count). The molecular formula is C40H31N. The molecule has 1 nitrogen and oxygen atoms in total. The monoisotopic (exact) mass is 525 g/mol. The molecule has 0 atom stereocenters. The van der Waals surface area contributed by atoms with Gasteiger partial charge in [0.25, 0.3) is 0 Å². The Kier molecular flexibility index (Phi) is 4.26. The molecule has 1 heteroatoms. The minimum atomic E-state index is -0.106. The highest BCUT2D eigenvalue weighted by molar-refractivity contribution is 6.25. The summed E-state index contributed by atoms with van der Waals surface area (Å²) in [4.78, 5) is 0. The summed E-state index contributed by atoms with van der Waals surface area (Å²) in [6.45, 7) is 9.56. The second-order valence-corrected chi connectivity index (χ2v) is 12.9. The average Bonchev–Trinajstić information content (AvgIpc) is 3.55. The number of aromatic nitrogens is 1. The van der Waals surface area contributed by atoms with Crippen molar-refractivity contribution in [2.75, 3.05) is 0 Å². The number of nitrogens with zero attached hydrogens (tertiary/aromatic N) is 1. The molecule has 0 N–H and O–H groups in total. The first-order valence-corrected chi connectivity index (χ1v) is 14.7. The van der Waals surface area contributed by atoms with Crippen LogP contribution in [0.2, 0.25) is 0 Å². The van der Waals surface area contributed by atoms with Gasteiger partial charge in [-0.1, -0.05) is 125 Å². The largest absolute Gasteiger partial charge is 0.309 e. The normalized spacial score (nSPS) is 15.7. The van der Waals surface area contributed by atoms with Crippen molar-refractivity contribution in [1.82, 2.24) is 4.57 Å². The predicted molar refractivity (Wildman–Crippen MR) is 173 cm³/mol. The highest BCUT2D eigenvalue weighted by Crippen LogP contribution is 2.57. The lowest BCUT2D eigenvalue weighted by Crippen LogP contribution is -2.15. The van der Waals surface area contributed by atoms with E-state index in [1.807, 2.05) is 0 Å². The lowest BCUT2D eigenvalue weighted by Gasteiger charge is -2.24. The molecule has 41 heavy (non-hydrogen) atoms. The number of fused-ring (bicyclic) bond motifs is 13. The summed E-state index contributed by atoms with van der Waals surface area (Å²) in [6.07, 6.45) is 0. The van der Waals surface area contributed by atoms with Crippen molar-refractivity contribution in [1.29, 1.82) is 0 Å². The van der Waals surface area contributed by atoms with Crippen LogP contribution in [0.4, 0.5) is 0 Å². The molecule has 0 aliphatic heterocycles. The molecule has 1 aromatic heterocycles. The van der Waals surface area contributed by atoms with Gasteiger partial charge >= 0.3 is 0 Å². The highest BCUT2D eigenvalue weighted by atomic mass is 15.0.